The third-order valence-electron chi connectivity index (χ3n) is 8.33. The molecule has 0 bridgehead atoms. The molecule has 0 radical (unpaired) electrons. The molecule has 0 saturated carbocycles. The van der Waals surface area contributed by atoms with Crippen LogP contribution in [0.2, 0.25) is 5.02 Å². The van der Waals surface area contributed by atoms with Crippen molar-refractivity contribution in [3.05, 3.63) is 63.5 Å². The molecule has 1 aliphatic rings. The minimum absolute atomic E-state index is 0.0949. The molecule has 1 aliphatic heterocycles. The van der Waals surface area contributed by atoms with Crippen LogP contribution in [0.5, 0.6) is 5.75 Å². The number of hydrogen-bond donors (Lipinski definition) is 1. The van der Waals surface area contributed by atoms with Crippen molar-refractivity contribution >= 4 is 33.0 Å². The van der Waals surface area contributed by atoms with Gasteiger partial charge in [-0.1, -0.05) is 83.2 Å². The molecule has 0 amide bonds. The van der Waals surface area contributed by atoms with E-state index in [0.717, 1.165) is 56.9 Å². The van der Waals surface area contributed by atoms with Gasteiger partial charge in [-0.2, -0.15) is 0 Å². The summed E-state index contributed by atoms with van der Waals surface area (Å²) < 4.78 is 34.1. The third kappa shape index (κ3) is 10.1. The van der Waals surface area contributed by atoms with E-state index in [1.54, 1.807) is 17.4 Å². The van der Waals surface area contributed by atoms with Crippen molar-refractivity contribution in [1.82, 2.24) is 0 Å². The minimum atomic E-state index is -0.585. The molecule has 2 aromatic carbocycles. The Kier molecular flexibility index (Phi) is 15.4. The number of benzene rings is 2. The molecule has 250 valence electrons. The number of phenols is 1. The average molecular weight is 661 g/mol. The summed E-state index contributed by atoms with van der Waals surface area (Å²) >= 11 is 8.53. The molecule has 4 rings (SSSR count). The molecular weight excluding hydrogens is 608 g/mol. The second-order valence-corrected chi connectivity index (χ2v) is 13.6. The second kappa shape index (κ2) is 19.2. The topological polar surface area (TPSA) is 66.4 Å². The van der Waals surface area contributed by atoms with Gasteiger partial charge in [0.05, 0.1) is 6.61 Å². The Morgan fingerprint density at radius 3 is 2.07 bits per heavy atom. The Balaban J connectivity index is 1.71. The molecule has 5 atom stereocenters. The predicted molar refractivity (Wildman–Crippen MR) is 185 cm³/mol. The zero-order chi connectivity index (χ0) is 32.0. The molecule has 0 spiro atoms. The number of rotatable bonds is 20. The molecule has 45 heavy (non-hydrogen) atoms. The van der Waals surface area contributed by atoms with E-state index in [4.69, 9.17) is 35.3 Å². The van der Waals surface area contributed by atoms with Crippen LogP contribution in [0.15, 0.2) is 42.5 Å². The monoisotopic (exact) mass is 660 g/mol. The van der Waals surface area contributed by atoms with Gasteiger partial charge in [0.1, 0.15) is 36.3 Å². The largest absolute Gasteiger partial charge is 0.508 e. The van der Waals surface area contributed by atoms with Crippen LogP contribution in [-0.4, -0.2) is 62.6 Å². The van der Waals surface area contributed by atoms with E-state index >= 15 is 0 Å². The van der Waals surface area contributed by atoms with Crippen LogP contribution in [-0.2, 0) is 30.1 Å². The van der Waals surface area contributed by atoms with Gasteiger partial charge in [0.15, 0.2) is 0 Å². The molecule has 1 saturated heterocycles. The lowest BCUT2D eigenvalue weighted by Crippen LogP contribution is -2.58. The maximum Gasteiger partial charge on any atom is 0.122 e. The average Bonchev–Trinajstić information content (AvgIpc) is 3.45. The summed E-state index contributed by atoms with van der Waals surface area (Å²) in [7, 11) is 0. The van der Waals surface area contributed by atoms with Crippen LogP contribution in [0.1, 0.15) is 101 Å². The molecule has 3 aromatic rings. The normalized spacial score (nSPS) is 21.9. The van der Waals surface area contributed by atoms with Gasteiger partial charge >= 0.3 is 0 Å². The van der Waals surface area contributed by atoms with E-state index in [-0.39, 0.29) is 24.1 Å². The van der Waals surface area contributed by atoms with Crippen LogP contribution in [0.3, 0.4) is 0 Å². The number of unbranched alkanes of at least 4 members (excludes halogenated alkanes) is 4. The lowest BCUT2D eigenvalue weighted by atomic mass is 9.89. The SMILES string of the molecule is CCCCOC[C@H]1O[C@@H](c2cc(Cc3cc4ccccc4s3)c(Cl)cc2O)[C@H](OCCCC)[C@@H](OCCCC)[C@@H]1OCCCC. The van der Waals surface area contributed by atoms with Gasteiger partial charge in [-0.3, -0.25) is 0 Å². The Labute approximate surface area is 279 Å². The maximum absolute atomic E-state index is 11.4. The van der Waals surface area contributed by atoms with Crippen molar-refractivity contribution in [2.24, 2.45) is 0 Å². The van der Waals surface area contributed by atoms with Crippen LogP contribution in [0.4, 0.5) is 0 Å². The van der Waals surface area contributed by atoms with Crippen LogP contribution in [0.25, 0.3) is 10.1 Å². The van der Waals surface area contributed by atoms with E-state index in [1.807, 2.05) is 6.07 Å². The van der Waals surface area contributed by atoms with Crippen LogP contribution in [0, 0.1) is 0 Å². The molecular formula is C37H53ClO6S. The number of halogens is 1. The van der Waals surface area contributed by atoms with Crippen LogP contribution < -0.4 is 0 Å². The van der Waals surface area contributed by atoms with Crippen molar-refractivity contribution in [1.29, 1.82) is 0 Å². The fourth-order valence-corrected chi connectivity index (χ4v) is 7.02. The van der Waals surface area contributed by atoms with Crippen molar-refractivity contribution < 1.29 is 28.8 Å². The van der Waals surface area contributed by atoms with Crippen molar-refractivity contribution in [3.63, 3.8) is 0 Å². The fraction of sp³-hybridized carbons (Fsp3) is 0.622. The second-order valence-electron chi connectivity index (χ2n) is 12.0. The van der Waals surface area contributed by atoms with Gasteiger partial charge < -0.3 is 28.8 Å². The zero-order valence-corrected chi connectivity index (χ0v) is 29.2. The van der Waals surface area contributed by atoms with E-state index in [0.29, 0.717) is 50.0 Å². The Morgan fingerprint density at radius 1 is 0.778 bits per heavy atom. The highest BCUT2D eigenvalue weighted by Gasteiger charge is 2.49. The molecule has 1 aromatic heterocycles. The summed E-state index contributed by atoms with van der Waals surface area (Å²) in [5, 5.41) is 13.1. The molecule has 1 fully saturated rings. The Bertz CT molecular complexity index is 1250. The summed E-state index contributed by atoms with van der Waals surface area (Å²) in [5.41, 5.74) is 1.60. The standard InChI is InChI=1S/C37H53ClO6S/c1-5-9-17-40-25-32-35(41-18-10-6-2)37(43-20-12-8-4)36(42-19-11-7-3)34(44-32)29-23-27(30(38)24-31(29)39)22-28-21-26-15-13-14-16-33(26)45-28/h13-16,21,23-24,32,34-37,39H,5-12,17-20,22,25H2,1-4H3/t32-,34+,35-,36+,37+/m1/s1. The van der Waals surface area contributed by atoms with E-state index < -0.39 is 12.2 Å². The van der Waals surface area contributed by atoms with Crippen molar-refractivity contribution in [2.75, 3.05) is 33.0 Å². The first-order valence-corrected chi connectivity index (χ1v) is 18.3. The highest BCUT2D eigenvalue weighted by molar-refractivity contribution is 7.19. The van der Waals surface area contributed by atoms with E-state index in [9.17, 15) is 5.11 Å². The highest BCUT2D eigenvalue weighted by atomic mass is 35.5. The molecule has 6 nitrogen and oxygen atoms in total. The number of hydrogen-bond acceptors (Lipinski definition) is 7. The van der Waals surface area contributed by atoms with Gasteiger partial charge in [0, 0.05) is 53.0 Å². The highest BCUT2D eigenvalue weighted by Crippen LogP contribution is 2.43. The molecule has 2 heterocycles. The molecule has 0 aliphatic carbocycles. The van der Waals surface area contributed by atoms with Crippen molar-refractivity contribution in [3.8, 4) is 5.75 Å². The maximum atomic E-state index is 11.4. The number of aromatic hydroxyl groups is 1. The zero-order valence-electron chi connectivity index (χ0n) is 27.6. The van der Waals surface area contributed by atoms with Gasteiger partial charge in [0.2, 0.25) is 0 Å². The number of fused-ring (bicyclic) bond motifs is 1. The number of phenolic OH excluding ortho intramolecular Hbond substituents is 1. The van der Waals surface area contributed by atoms with Crippen LogP contribution >= 0.6 is 22.9 Å². The first-order chi connectivity index (χ1) is 22.0. The molecule has 8 heteroatoms. The first kappa shape index (κ1) is 36.1. The molecule has 1 N–H and O–H groups in total. The van der Waals surface area contributed by atoms with Crippen molar-refractivity contribution in [2.45, 2.75) is 116 Å². The van der Waals surface area contributed by atoms with Gasteiger partial charge in [-0.15, -0.1) is 11.3 Å². The number of ether oxygens (including phenoxy) is 5. The summed E-state index contributed by atoms with van der Waals surface area (Å²) in [6.45, 7) is 11.4. The fourth-order valence-electron chi connectivity index (χ4n) is 5.71. The van der Waals surface area contributed by atoms with E-state index in [1.165, 1.54) is 15.0 Å². The van der Waals surface area contributed by atoms with Gasteiger partial charge in [-0.25, -0.2) is 0 Å². The lowest BCUT2D eigenvalue weighted by Gasteiger charge is -2.46. The molecule has 0 unspecified atom stereocenters. The van der Waals surface area contributed by atoms with Gasteiger partial charge in [0.25, 0.3) is 0 Å². The summed E-state index contributed by atoms with van der Waals surface area (Å²) in [6.07, 6.45) is 6.38. The van der Waals surface area contributed by atoms with Gasteiger partial charge in [-0.05, 0) is 60.9 Å². The number of thiophene rings is 1. The Hall–Kier alpha value is -1.71. The predicted octanol–water partition coefficient (Wildman–Crippen LogP) is 9.66. The lowest BCUT2D eigenvalue weighted by molar-refractivity contribution is -0.268. The van der Waals surface area contributed by atoms with E-state index in [2.05, 4.69) is 58.0 Å². The smallest absolute Gasteiger partial charge is 0.122 e. The summed E-state index contributed by atoms with van der Waals surface area (Å²) in [5.74, 6) is 0.0949. The summed E-state index contributed by atoms with van der Waals surface area (Å²) in [6, 6.07) is 14.3. The quantitative estimate of drug-likeness (QED) is 0.122. The first-order valence-electron chi connectivity index (χ1n) is 17.1. The third-order valence-corrected chi connectivity index (χ3v) is 9.79. The summed E-state index contributed by atoms with van der Waals surface area (Å²) in [4.78, 5) is 1.21. The Morgan fingerprint density at radius 2 is 1.40 bits per heavy atom. The minimum Gasteiger partial charge on any atom is -0.508 e.